The molecule has 0 bridgehead atoms. The van der Waals surface area contributed by atoms with Crippen LogP contribution in [0.1, 0.15) is 0 Å². The molecular formula is C4H8B3F12Rh. The molecule has 0 nitrogen and oxygen atoms in total. The van der Waals surface area contributed by atoms with Crippen molar-refractivity contribution >= 4 is 21.8 Å². The molecule has 0 fully saturated rings. The normalized spacial score (nSPS) is 9.40. The molecule has 0 amide bonds. The number of rotatable bonds is 0. The van der Waals surface area contributed by atoms with Crippen LogP contribution < -0.4 is 0 Å². The van der Waals surface area contributed by atoms with Gasteiger partial charge in [-0.05, 0) is 0 Å². The minimum atomic E-state index is -6.00. The quantitative estimate of drug-likeness (QED) is 0.276. The fourth-order valence-corrected chi connectivity index (χ4v) is 0. The molecule has 0 aromatic heterocycles. The Hall–Kier alpha value is -0.542. The Balaban J connectivity index is -0.0000000319. The maximum absolute atomic E-state index is 9.75. The van der Waals surface area contributed by atoms with Crippen molar-refractivity contribution in [3.8, 4) is 0 Å². The third-order valence-corrected chi connectivity index (χ3v) is 0. The molecule has 0 N–H and O–H groups in total. The Bertz CT molecular complexity index is 126. The number of halogens is 12. The summed E-state index contributed by atoms with van der Waals surface area (Å²) in [5.74, 6) is 0. The third-order valence-electron chi connectivity index (χ3n) is 0. The van der Waals surface area contributed by atoms with E-state index in [9.17, 15) is 51.8 Å². The van der Waals surface area contributed by atoms with Crippen LogP contribution in [0.2, 0.25) is 0 Å². The first-order valence-electron chi connectivity index (χ1n) is 3.62. The molecule has 0 heterocycles. The largest absolute Gasteiger partial charge is 3.00 e. The molecule has 0 unspecified atom stereocenters. The summed E-state index contributed by atoms with van der Waals surface area (Å²) >= 11 is 0. The zero-order valence-electron chi connectivity index (χ0n) is 9.43. The van der Waals surface area contributed by atoms with E-state index in [0.29, 0.717) is 0 Å². The first-order valence-corrected chi connectivity index (χ1v) is 3.62. The van der Waals surface area contributed by atoms with Gasteiger partial charge in [0.1, 0.15) is 0 Å². The molecule has 0 radical (unpaired) electrons. The first-order chi connectivity index (χ1) is 8.00. The van der Waals surface area contributed by atoms with E-state index in [0.717, 1.165) is 0 Å². The van der Waals surface area contributed by atoms with Crippen molar-refractivity contribution in [1.82, 2.24) is 0 Å². The summed E-state index contributed by atoms with van der Waals surface area (Å²) in [7, 11) is -18.0. The van der Waals surface area contributed by atoms with Gasteiger partial charge in [0, 0.05) is 0 Å². The zero-order valence-corrected chi connectivity index (χ0v) is 11.1. The average molecular weight is 419 g/mol. The predicted octanol–water partition coefficient (Wildman–Crippen LogP) is 5.50. The van der Waals surface area contributed by atoms with Crippen molar-refractivity contribution in [3.05, 3.63) is 26.3 Å². The number of hydrogen-bond donors (Lipinski definition) is 0. The monoisotopic (exact) mass is 420 g/mol. The van der Waals surface area contributed by atoms with Gasteiger partial charge in [-0.1, -0.05) is 0 Å². The molecule has 20 heavy (non-hydrogen) atoms. The van der Waals surface area contributed by atoms with Gasteiger partial charge in [-0.2, -0.15) is 0 Å². The van der Waals surface area contributed by atoms with E-state index in [1.807, 2.05) is 0 Å². The summed E-state index contributed by atoms with van der Waals surface area (Å²) in [6, 6.07) is 0. The van der Waals surface area contributed by atoms with Crippen LogP contribution in [-0.4, -0.2) is 21.8 Å². The molecular weight excluding hydrogens is 411 g/mol. The standard InChI is InChI=1S/2C2H4.3BF4.Rh/c2*1-2;3*2-1(3,4)5;/h2*1-2H2;;;;/q;;3*-1;+3. The zero-order chi connectivity index (χ0) is 17.5. The minimum absolute atomic E-state index is 0. The summed E-state index contributed by atoms with van der Waals surface area (Å²) in [5.41, 5.74) is 0. The third kappa shape index (κ3) is 16100. The van der Waals surface area contributed by atoms with Crippen LogP contribution in [0.15, 0.2) is 26.3 Å². The molecule has 0 aliphatic carbocycles. The van der Waals surface area contributed by atoms with E-state index in [2.05, 4.69) is 26.3 Å². The van der Waals surface area contributed by atoms with E-state index in [4.69, 9.17) is 0 Å². The molecule has 0 aliphatic rings. The Kier molecular flexibility index (Phi) is 33.8. The molecule has 0 saturated heterocycles. The Morgan fingerprint density at radius 2 is 0.350 bits per heavy atom. The van der Waals surface area contributed by atoms with Gasteiger partial charge in [-0.3, -0.25) is 0 Å². The molecule has 0 aromatic rings. The van der Waals surface area contributed by atoms with Crippen LogP contribution in [0.3, 0.4) is 0 Å². The molecule has 0 aromatic carbocycles. The molecule has 0 aliphatic heterocycles. The maximum Gasteiger partial charge on any atom is 3.00 e. The van der Waals surface area contributed by atoms with Crippen LogP contribution >= 0.6 is 0 Å². The molecule has 0 spiro atoms. The summed E-state index contributed by atoms with van der Waals surface area (Å²) in [4.78, 5) is 0. The van der Waals surface area contributed by atoms with Gasteiger partial charge in [0.2, 0.25) is 0 Å². The van der Waals surface area contributed by atoms with E-state index < -0.39 is 21.8 Å². The summed E-state index contributed by atoms with van der Waals surface area (Å²) in [6.07, 6.45) is 0. The maximum atomic E-state index is 9.75. The summed E-state index contributed by atoms with van der Waals surface area (Å²) < 4.78 is 117. The Morgan fingerprint density at radius 3 is 0.350 bits per heavy atom. The Morgan fingerprint density at radius 1 is 0.350 bits per heavy atom. The van der Waals surface area contributed by atoms with Crippen molar-refractivity contribution < 1.29 is 71.3 Å². The molecule has 0 atom stereocenters. The minimum Gasteiger partial charge on any atom is -0.418 e. The van der Waals surface area contributed by atoms with Gasteiger partial charge in [0.25, 0.3) is 0 Å². The molecule has 0 saturated carbocycles. The van der Waals surface area contributed by atoms with Crippen LogP contribution in [0.25, 0.3) is 0 Å². The Labute approximate surface area is 120 Å². The van der Waals surface area contributed by atoms with Gasteiger partial charge >= 0.3 is 41.2 Å². The second-order valence-corrected chi connectivity index (χ2v) is 1.48. The van der Waals surface area contributed by atoms with Crippen molar-refractivity contribution in [2.45, 2.75) is 0 Å². The fourth-order valence-electron chi connectivity index (χ4n) is 0. The van der Waals surface area contributed by atoms with E-state index in [1.54, 1.807) is 0 Å². The van der Waals surface area contributed by atoms with Crippen LogP contribution in [0, 0.1) is 0 Å². The van der Waals surface area contributed by atoms with Gasteiger partial charge in [-0.15, -0.1) is 26.3 Å². The first kappa shape index (κ1) is 36.6. The van der Waals surface area contributed by atoms with Gasteiger partial charge < -0.3 is 51.8 Å². The second kappa shape index (κ2) is 18.5. The van der Waals surface area contributed by atoms with E-state index >= 15 is 0 Å². The van der Waals surface area contributed by atoms with Crippen molar-refractivity contribution in [3.63, 3.8) is 0 Å². The van der Waals surface area contributed by atoms with E-state index in [1.165, 1.54) is 0 Å². The summed E-state index contributed by atoms with van der Waals surface area (Å²) in [5, 5.41) is 0. The molecule has 16 heteroatoms. The SMILES string of the molecule is C=C.C=C.F[B-](F)(F)F.F[B-](F)(F)F.F[B-](F)(F)F.[Rh+3]. The van der Waals surface area contributed by atoms with Crippen LogP contribution in [-0.2, 0) is 19.5 Å². The number of hydrogen-bond acceptors (Lipinski definition) is 0. The average Bonchev–Trinajstić information content (AvgIpc) is 2.01. The molecule has 0 rings (SSSR count). The topological polar surface area (TPSA) is 0 Å². The smallest absolute Gasteiger partial charge is 0.418 e. The van der Waals surface area contributed by atoms with Crippen molar-refractivity contribution in [2.24, 2.45) is 0 Å². The summed E-state index contributed by atoms with van der Waals surface area (Å²) in [6.45, 7) is 12.0. The molecule has 126 valence electrons. The predicted molar refractivity (Wildman–Crippen MR) is 53.1 cm³/mol. The van der Waals surface area contributed by atoms with Gasteiger partial charge in [-0.25, -0.2) is 0 Å². The van der Waals surface area contributed by atoms with Gasteiger partial charge in [0.05, 0.1) is 0 Å². The van der Waals surface area contributed by atoms with Gasteiger partial charge in [0.15, 0.2) is 0 Å². The van der Waals surface area contributed by atoms with Crippen molar-refractivity contribution in [1.29, 1.82) is 0 Å². The van der Waals surface area contributed by atoms with Crippen LogP contribution in [0.4, 0.5) is 51.8 Å². The second-order valence-electron chi connectivity index (χ2n) is 1.48. The fraction of sp³-hybridized carbons (Fsp3) is 0. The van der Waals surface area contributed by atoms with Crippen LogP contribution in [0.5, 0.6) is 0 Å². The van der Waals surface area contributed by atoms with Crippen molar-refractivity contribution in [2.75, 3.05) is 0 Å². The van der Waals surface area contributed by atoms with E-state index in [-0.39, 0.29) is 19.5 Å².